The summed E-state index contributed by atoms with van der Waals surface area (Å²) in [4.78, 5) is 4.59. The van der Waals surface area contributed by atoms with Crippen LogP contribution >= 0.6 is 11.3 Å². The van der Waals surface area contributed by atoms with Gasteiger partial charge in [-0.2, -0.15) is 0 Å². The first-order valence-electron chi connectivity index (χ1n) is 6.63. The summed E-state index contributed by atoms with van der Waals surface area (Å²) in [6, 6.07) is 6.87. The van der Waals surface area contributed by atoms with Crippen molar-refractivity contribution < 1.29 is 8.42 Å². The Bertz CT molecular complexity index is 693. The van der Waals surface area contributed by atoms with Crippen LogP contribution in [0.5, 0.6) is 0 Å². The zero-order valence-corrected chi connectivity index (χ0v) is 13.7. The first-order valence-corrected chi connectivity index (χ1v) is 9.06. The van der Waals surface area contributed by atoms with Crippen molar-refractivity contribution in [2.24, 2.45) is 5.14 Å². The van der Waals surface area contributed by atoms with Crippen LogP contribution in [0.1, 0.15) is 29.2 Å². The molecule has 0 amide bonds. The first kappa shape index (κ1) is 16.1. The highest BCUT2D eigenvalue weighted by atomic mass is 32.2. The Hall–Kier alpha value is -1.28. The van der Waals surface area contributed by atoms with Crippen molar-refractivity contribution in [2.75, 3.05) is 6.54 Å². The maximum absolute atomic E-state index is 11.2. The monoisotopic (exact) mass is 325 g/mol. The van der Waals surface area contributed by atoms with E-state index >= 15 is 0 Å². The van der Waals surface area contributed by atoms with E-state index in [0.717, 1.165) is 29.2 Å². The largest absolute Gasteiger partial charge is 0.308 e. The van der Waals surface area contributed by atoms with Gasteiger partial charge in [0.05, 0.1) is 15.6 Å². The zero-order chi connectivity index (χ0) is 15.5. The molecule has 114 valence electrons. The van der Waals surface area contributed by atoms with E-state index in [2.05, 4.69) is 22.6 Å². The molecule has 0 fully saturated rings. The number of hydrogen-bond donors (Lipinski definition) is 2. The molecule has 2 aromatic rings. The second-order valence-corrected chi connectivity index (χ2v) is 7.53. The number of hydrogen-bond acceptors (Lipinski definition) is 5. The topological polar surface area (TPSA) is 85.1 Å². The fourth-order valence-electron chi connectivity index (χ4n) is 1.96. The lowest BCUT2D eigenvalue weighted by Crippen LogP contribution is -2.21. The standard InChI is InChI=1S/C14H19N3O2S2/c1-10(14-9-20-11(2)17-14)16-8-7-12-3-5-13(6-4-12)21(15,18)19/h3-6,9-10,16H,7-8H2,1-2H3,(H2,15,18,19). The Balaban J connectivity index is 1.86. The van der Waals surface area contributed by atoms with Crippen molar-refractivity contribution in [1.29, 1.82) is 0 Å². The second kappa shape index (κ2) is 6.65. The molecule has 0 bridgehead atoms. The highest BCUT2D eigenvalue weighted by Gasteiger charge is 2.09. The predicted octanol–water partition coefficient (Wildman–Crippen LogP) is 1.99. The summed E-state index contributed by atoms with van der Waals surface area (Å²) < 4.78 is 22.3. The van der Waals surface area contributed by atoms with E-state index in [9.17, 15) is 8.42 Å². The van der Waals surface area contributed by atoms with Gasteiger partial charge in [0.1, 0.15) is 0 Å². The van der Waals surface area contributed by atoms with Gasteiger partial charge in [0.25, 0.3) is 0 Å². The van der Waals surface area contributed by atoms with Gasteiger partial charge in [-0.05, 0) is 44.5 Å². The van der Waals surface area contributed by atoms with Gasteiger partial charge in [-0.25, -0.2) is 18.5 Å². The molecule has 0 saturated heterocycles. The van der Waals surface area contributed by atoms with E-state index < -0.39 is 10.0 Å². The molecule has 3 N–H and O–H groups in total. The summed E-state index contributed by atoms with van der Waals surface area (Å²) in [7, 11) is -3.61. The van der Waals surface area contributed by atoms with Crippen LogP contribution in [-0.4, -0.2) is 19.9 Å². The van der Waals surface area contributed by atoms with E-state index in [4.69, 9.17) is 5.14 Å². The summed E-state index contributed by atoms with van der Waals surface area (Å²) in [5, 5.41) is 11.6. The molecule has 7 heteroatoms. The van der Waals surface area contributed by atoms with Crippen molar-refractivity contribution in [3.63, 3.8) is 0 Å². The molecule has 0 aliphatic carbocycles. The van der Waals surface area contributed by atoms with Crippen LogP contribution in [0.3, 0.4) is 0 Å². The van der Waals surface area contributed by atoms with E-state index in [1.54, 1.807) is 23.5 Å². The number of nitrogens with two attached hydrogens (primary N) is 1. The van der Waals surface area contributed by atoms with Gasteiger partial charge in [-0.15, -0.1) is 11.3 Å². The van der Waals surface area contributed by atoms with Crippen LogP contribution in [0.25, 0.3) is 0 Å². The molecule has 0 saturated carbocycles. The highest BCUT2D eigenvalue weighted by Crippen LogP contribution is 2.15. The molecular formula is C14H19N3O2S2. The number of aromatic nitrogens is 1. The Kier molecular flexibility index (Phi) is 5.10. The van der Waals surface area contributed by atoms with Crippen LogP contribution in [0.15, 0.2) is 34.5 Å². The SMILES string of the molecule is Cc1nc(C(C)NCCc2ccc(S(N)(=O)=O)cc2)cs1. The minimum atomic E-state index is -3.61. The minimum absolute atomic E-state index is 0.144. The van der Waals surface area contributed by atoms with Gasteiger partial charge in [0, 0.05) is 11.4 Å². The smallest absolute Gasteiger partial charge is 0.238 e. The number of sulfonamides is 1. The Labute approximate surface area is 129 Å². The summed E-state index contributed by atoms with van der Waals surface area (Å²) in [6.07, 6.45) is 0.818. The van der Waals surface area contributed by atoms with Crippen LogP contribution in [0.4, 0.5) is 0 Å². The number of nitrogens with zero attached hydrogens (tertiary/aromatic N) is 1. The average Bonchev–Trinajstić information content (AvgIpc) is 2.85. The molecule has 0 spiro atoms. The fraction of sp³-hybridized carbons (Fsp3) is 0.357. The van der Waals surface area contributed by atoms with E-state index in [0.29, 0.717) is 0 Å². The quantitative estimate of drug-likeness (QED) is 0.850. The lowest BCUT2D eigenvalue weighted by atomic mass is 10.1. The van der Waals surface area contributed by atoms with Crippen molar-refractivity contribution in [2.45, 2.75) is 31.2 Å². The van der Waals surface area contributed by atoms with E-state index in [1.807, 2.05) is 6.92 Å². The van der Waals surface area contributed by atoms with Gasteiger partial charge < -0.3 is 5.32 Å². The normalized spacial score (nSPS) is 13.3. The highest BCUT2D eigenvalue weighted by molar-refractivity contribution is 7.89. The van der Waals surface area contributed by atoms with Crippen LogP contribution in [0, 0.1) is 6.92 Å². The minimum Gasteiger partial charge on any atom is -0.308 e. The Morgan fingerprint density at radius 3 is 2.52 bits per heavy atom. The van der Waals surface area contributed by atoms with Gasteiger partial charge in [0.2, 0.25) is 10.0 Å². The number of thiazole rings is 1. The number of primary sulfonamides is 1. The third-order valence-corrected chi connectivity index (χ3v) is 4.92. The molecule has 21 heavy (non-hydrogen) atoms. The van der Waals surface area contributed by atoms with Gasteiger partial charge in [-0.1, -0.05) is 12.1 Å². The zero-order valence-electron chi connectivity index (χ0n) is 12.0. The lowest BCUT2D eigenvalue weighted by molar-refractivity contribution is 0.566. The molecule has 1 aromatic carbocycles. The summed E-state index contributed by atoms with van der Waals surface area (Å²) in [6.45, 7) is 4.87. The van der Waals surface area contributed by atoms with E-state index in [1.165, 1.54) is 12.1 Å². The number of benzene rings is 1. The third-order valence-electron chi connectivity index (χ3n) is 3.20. The maximum atomic E-state index is 11.2. The second-order valence-electron chi connectivity index (χ2n) is 4.91. The molecule has 1 aromatic heterocycles. The van der Waals surface area contributed by atoms with Crippen molar-refractivity contribution >= 4 is 21.4 Å². The van der Waals surface area contributed by atoms with E-state index in [-0.39, 0.29) is 10.9 Å². The molecule has 1 unspecified atom stereocenters. The summed E-state index contributed by atoms with van der Waals surface area (Å²) in [5.41, 5.74) is 2.12. The van der Waals surface area contributed by atoms with Crippen LogP contribution < -0.4 is 10.5 Å². The lowest BCUT2D eigenvalue weighted by Gasteiger charge is -2.11. The van der Waals surface area contributed by atoms with Crippen molar-refractivity contribution in [1.82, 2.24) is 10.3 Å². The number of nitrogens with one attached hydrogen (secondary N) is 1. The average molecular weight is 325 g/mol. The molecule has 1 atom stereocenters. The molecule has 5 nitrogen and oxygen atoms in total. The van der Waals surface area contributed by atoms with Crippen LogP contribution in [-0.2, 0) is 16.4 Å². The van der Waals surface area contributed by atoms with Gasteiger partial charge in [0.15, 0.2) is 0 Å². The molecule has 1 heterocycles. The van der Waals surface area contributed by atoms with Crippen LogP contribution in [0.2, 0.25) is 0 Å². The fourth-order valence-corrected chi connectivity index (χ4v) is 3.18. The Morgan fingerprint density at radius 2 is 2.00 bits per heavy atom. The molecular weight excluding hydrogens is 306 g/mol. The molecule has 2 rings (SSSR count). The number of aryl methyl sites for hydroxylation is 1. The predicted molar refractivity (Wildman–Crippen MR) is 84.8 cm³/mol. The molecule has 0 aliphatic rings. The van der Waals surface area contributed by atoms with Crippen molar-refractivity contribution in [3.05, 3.63) is 45.9 Å². The van der Waals surface area contributed by atoms with Gasteiger partial charge >= 0.3 is 0 Å². The summed E-state index contributed by atoms with van der Waals surface area (Å²) in [5.74, 6) is 0. The van der Waals surface area contributed by atoms with Gasteiger partial charge in [-0.3, -0.25) is 0 Å². The molecule has 0 radical (unpaired) electrons. The number of rotatable bonds is 6. The summed E-state index contributed by atoms with van der Waals surface area (Å²) >= 11 is 1.65. The first-order chi connectivity index (χ1) is 9.86. The maximum Gasteiger partial charge on any atom is 0.238 e. The van der Waals surface area contributed by atoms with Crippen molar-refractivity contribution in [3.8, 4) is 0 Å². The molecule has 0 aliphatic heterocycles. The third kappa shape index (κ3) is 4.60. The Morgan fingerprint density at radius 1 is 1.33 bits per heavy atom.